The second kappa shape index (κ2) is 2.73. The number of nitrogens with zero attached hydrogens (tertiary/aromatic N) is 1. The molecule has 0 aromatic carbocycles. The van der Waals surface area contributed by atoms with E-state index in [0.717, 1.165) is 12.3 Å². The lowest BCUT2D eigenvalue weighted by atomic mass is 10.2. The highest BCUT2D eigenvalue weighted by Crippen LogP contribution is 2.33. The highest BCUT2D eigenvalue weighted by molar-refractivity contribution is 5.80. The first-order valence-electron chi connectivity index (χ1n) is 4.00. The average Bonchev–Trinajstić information content (AvgIpc) is 2.41. The molecular formula is C9H7F3N2. The van der Waals surface area contributed by atoms with Gasteiger partial charge in [0.1, 0.15) is 5.65 Å². The number of alkyl halides is 3. The zero-order chi connectivity index (χ0) is 10.3. The Morgan fingerprint density at radius 3 is 2.71 bits per heavy atom. The SMILES string of the molecule is Cc1cc2c(C(F)(F)F)ccnc2[nH]1. The minimum atomic E-state index is -4.32. The molecule has 2 heterocycles. The van der Waals surface area contributed by atoms with Crippen LogP contribution < -0.4 is 0 Å². The Labute approximate surface area is 77.8 Å². The molecule has 0 saturated heterocycles. The Morgan fingerprint density at radius 2 is 2.07 bits per heavy atom. The maximum atomic E-state index is 12.5. The molecule has 74 valence electrons. The number of pyridine rings is 1. The van der Waals surface area contributed by atoms with Crippen LogP contribution in [0.4, 0.5) is 13.2 Å². The van der Waals surface area contributed by atoms with Crippen LogP contribution in [-0.4, -0.2) is 9.97 Å². The molecule has 0 saturated carbocycles. The van der Waals surface area contributed by atoms with Crippen molar-refractivity contribution in [1.29, 1.82) is 0 Å². The van der Waals surface area contributed by atoms with Crippen molar-refractivity contribution in [2.24, 2.45) is 0 Å². The van der Waals surface area contributed by atoms with Crippen molar-refractivity contribution in [3.63, 3.8) is 0 Å². The third kappa shape index (κ3) is 1.34. The van der Waals surface area contributed by atoms with Crippen LogP contribution in [0.5, 0.6) is 0 Å². The first-order valence-corrected chi connectivity index (χ1v) is 4.00. The molecule has 5 heteroatoms. The minimum absolute atomic E-state index is 0.123. The van der Waals surface area contributed by atoms with Gasteiger partial charge in [0.2, 0.25) is 0 Å². The Morgan fingerprint density at radius 1 is 1.36 bits per heavy atom. The van der Waals surface area contributed by atoms with Crippen molar-refractivity contribution in [3.8, 4) is 0 Å². The first-order chi connectivity index (χ1) is 6.48. The first kappa shape index (κ1) is 9.05. The number of fused-ring (bicyclic) bond motifs is 1. The van der Waals surface area contributed by atoms with Crippen molar-refractivity contribution in [2.75, 3.05) is 0 Å². The third-order valence-corrected chi connectivity index (χ3v) is 1.97. The van der Waals surface area contributed by atoms with E-state index in [1.807, 2.05) is 0 Å². The van der Waals surface area contributed by atoms with E-state index in [1.165, 1.54) is 6.07 Å². The number of hydrogen-bond acceptors (Lipinski definition) is 1. The van der Waals surface area contributed by atoms with Gasteiger partial charge >= 0.3 is 6.18 Å². The molecule has 14 heavy (non-hydrogen) atoms. The highest BCUT2D eigenvalue weighted by atomic mass is 19.4. The van der Waals surface area contributed by atoms with Crippen molar-refractivity contribution in [3.05, 3.63) is 29.6 Å². The van der Waals surface area contributed by atoms with Crippen molar-refractivity contribution < 1.29 is 13.2 Å². The van der Waals surface area contributed by atoms with E-state index in [4.69, 9.17) is 0 Å². The van der Waals surface area contributed by atoms with Gasteiger partial charge in [-0.1, -0.05) is 0 Å². The van der Waals surface area contributed by atoms with Crippen LogP contribution in [0.25, 0.3) is 11.0 Å². The summed E-state index contributed by atoms with van der Waals surface area (Å²) < 4.78 is 37.5. The molecule has 0 amide bonds. The van der Waals surface area contributed by atoms with Gasteiger partial charge in [-0.15, -0.1) is 0 Å². The number of hydrogen-bond donors (Lipinski definition) is 1. The van der Waals surface area contributed by atoms with Crippen LogP contribution >= 0.6 is 0 Å². The van der Waals surface area contributed by atoms with Crippen LogP contribution in [0.15, 0.2) is 18.3 Å². The van der Waals surface area contributed by atoms with Gasteiger partial charge in [0.15, 0.2) is 0 Å². The lowest BCUT2D eigenvalue weighted by molar-refractivity contribution is -0.136. The van der Waals surface area contributed by atoms with Gasteiger partial charge in [0, 0.05) is 17.3 Å². The summed E-state index contributed by atoms with van der Waals surface area (Å²) in [4.78, 5) is 6.58. The normalized spacial score (nSPS) is 12.3. The molecule has 0 atom stereocenters. The van der Waals surface area contributed by atoms with Gasteiger partial charge in [0.05, 0.1) is 5.56 Å². The quantitative estimate of drug-likeness (QED) is 0.695. The summed E-state index contributed by atoms with van der Waals surface area (Å²) in [6.45, 7) is 1.70. The number of H-pyrrole nitrogens is 1. The predicted molar refractivity (Wildman–Crippen MR) is 45.8 cm³/mol. The maximum Gasteiger partial charge on any atom is 0.417 e. The second-order valence-corrected chi connectivity index (χ2v) is 3.07. The summed E-state index contributed by atoms with van der Waals surface area (Å²) in [5.74, 6) is 0. The summed E-state index contributed by atoms with van der Waals surface area (Å²) in [6, 6.07) is 2.43. The van der Waals surface area contributed by atoms with Crippen molar-refractivity contribution >= 4 is 11.0 Å². The van der Waals surface area contributed by atoms with Crippen molar-refractivity contribution in [2.45, 2.75) is 13.1 Å². The third-order valence-electron chi connectivity index (χ3n) is 1.97. The molecule has 0 bridgehead atoms. The molecule has 2 aromatic rings. The van der Waals surface area contributed by atoms with E-state index in [-0.39, 0.29) is 11.0 Å². The number of aromatic nitrogens is 2. The molecule has 2 aromatic heterocycles. The number of nitrogens with one attached hydrogen (secondary N) is 1. The van der Waals surface area contributed by atoms with Gasteiger partial charge in [0.25, 0.3) is 0 Å². The second-order valence-electron chi connectivity index (χ2n) is 3.07. The number of aryl methyl sites for hydroxylation is 1. The zero-order valence-electron chi connectivity index (χ0n) is 7.31. The van der Waals surface area contributed by atoms with E-state index >= 15 is 0 Å². The Kier molecular flexibility index (Phi) is 1.77. The summed E-state index contributed by atoms with van der Waals surface area (Å²) >= 11 is 0. The van der Waals surface area contributed by atoms with E-state index < -0.39 is 11.7 Å². The molecular weight excluding hydrogens is 193 g/mol. The lowest BCUT2D eigenvalue weighted by Crippen LogP contribution is -2.05. The topological polar surface area (TPSA) is 28.7 Å². The van der Waals surface area contributed by atoms with E-state index in [9.17, 15) is 13.2 Å². The lowest BCUT2D eigenvalue weighted by Gasteiger charge is -2.06. The zero-order valence-corrected chi connectivity index (χ0v) is 7.31. The molecule has 2 rings (SSSR count). The summed E-state index contributed by atoms with van der Waals surface area (Å²) in [5, 5.41) is 0.123. The molecule has 0 spiro atoms. The van der Waals surface area contributed by atoms with E-state index in [0.29, 0.717) is 5.69 Å². The van der Waals surface area contributed by atoms with Crippen LogP contribution in [0.1, 0.15) is 11.3 Å². The van der Waals surface area contributed by atoms with Gasteiger partial charge in [-0.3, -0.25) is 0 Å². The van der Waals surface area contributed by atoms with E-state index in [1.54, 1.807) is 6.92 Å². The van der Waals surface area contributed by atoms with Crippen LogP contribution in [0, 0.1) is 6.92 Å². The molecule has 0 radical (unpaired) electrons. The maximum absolute atomic E-state index is 12.5. The van der Waals surface area contributed by atoms with Crippen molar-refractivity contribution in [1.82, 2.24) is 9.97 Å². The summed E-state index contributed by atoms with van der Waals surface area (Å²) in [7, 11) is 0. The van der Waals surface area contributed by atoms with Gasteiger partial charge in [-0.05, 0) is 19.1 Å². The van der Waals surface area contributed by atoms with Gasteiger partial charge in [-0.25, -0.2) is 4.98 Å². The van der Waals surface area contributed by atoms with Gasteiger partial charge in [-0.2, -0.15) is 13.2 Å². The fraction of sp³-hybridized carbons (Fsp3) is 0.222. The Bertz CT molecular complexity index is 470. The minimum Gasteiger partial charge on any atom is -0.344 e. The molecule has 0 aliphatic heterocycles. The fourth-order valence-electron chi connectivity index (χ4n) is 1.41. The molecule has 0 fully saturated rings. The molecule has 0 aliphatic rings. The average molecular weight is 200 g/mol. The highest BCUT2D eigenvalue weighted by Gasteiger charge is 2.32. The fourth-order valence-corrected chi connectivity index (χ4v) is 1.41. The van der Waals surface area contributed by atoms with Gasteiger partial charge < -0.3 is 4.98 Å². The molecule has 1 N–H and O–H groups in total. The summed E-state index contributed by atoms with van der Waals surface area (Å²) in [5.41, 5.74) is 0.299. The molecule has 0 unspecified atom stereocenters. The predicted octanol–water partition coefficient (Wildman–Crippen LogP) is 2.89. The number of aromatic amines is 1. The van der Waals surface area contributed by atoms with Crippen LogP contribution in [0.2, 0.25) is 0 Å². The Balaban J connectivity index is 2.77. The largest absolute Gasteiger partial charge is 0.417 e. The van der Waals surface area contributed by atoms with E-state index in [2.05, 4.69) is 9.97 Å². The van der Waals surface area contributed by atoms with Crippen LogP contribution in [-0.2, 0) is 6.18 Å². The smallest absolute Gasteiger partial charge is 0.344 e. The monoisotopic (exact) mass is 200 g/mol. The number of halogens is 3. The Hall–Kier alpha value is -1.52. The van der Waals surface area contributed by atoms with Crippen LogP contribution in [0.3, 0.4) is 0 Å². The molecule has 0 aliphatic carbocycles. The standard InChI is InChI=1S/C9H7F3N2/c1-5-4-6-7(9(10,11)12)2-3-13-8(6)14-5/h2-4H,1H3,(H,13,14). The number of rotatable bonds is 0. The summed E-state index contributed by atoms with van der Waals surface area (Å²) in [6.07, 6.45) is -3.17. The molecule has 2 nitrogen and oxygen atoms in total.